The second kappa shape index (κ2) is 14.0. The van der Waals surface area contributed by atoms with E-state index in [1.807, 2.05) is 37.4 Å². The van der Waals surface area contributed by atoms with Crippen molar-refractivity contribution in [3.05, 3.63) is 54.6 Å². The molecular weight excluding hydrogens is 544 g/mol. The average Bonchev–Trinajstić information content (AvgIpc) is 2.57. The first-order chi connectivity index (χ1) is 14.3. The molecule has 0 radical (unpaired) electrons. The van der Waals surface area contributed by atoms with Gasteiger partial charge in [-0.2, -0.15) is 0 Å². The molecule has 33 heavy (non-hydrogen) atoms. The van der Waals surface area contributed by atoms with Gasteiger partial charge in [0.2, 0.25) is 0 Å². The number of nitrogens with one attached hydrogen (secondary N) is 1. The van der Waals surface area contributed by atoms with Crippen LogP contribution < -0.4 is 5.32 Å². The van der Waals surface area contributed by atoms with Crippen molar-refractivity contribution in [2.24, 2.45) is 0 Å². The van der Waals surface area contributed by atoms with E-state index in [0.717, 1.165) is 11.3 Å². The van der Waals surface area contributed by atoms with Crippen LogP contribution in [0.1, 0.15) is 62.3 Å². The van der Waals surface area contributed by atoms with E-state index < -0.39 is 18.0 Å². The standard InChI is InChI=1S/C13H12N.C12H27P.CH4O3S.Pd/c1-14-13-10-6-5-9-12(13)11-7-3-2-4-8-11;1-10(2,3)13(11(4,5)6)12(7,8)9;1-5(2,3)4;/h2-7,9-10,14H,1H3;1-9H3;1H3,(H,2,3,4);/q-1;;;+2. The smallest absolute Gasteiger partial charge is 0.748 e. The molecule has 190 valence electrons. The molecule has 0 saturated heterocycles. The maximum atomic E-state index is 9.08. The summed E-state index contributed by atoms with van der Waals surface area (Å²) in [5.41, 5.74) is 3.45. The van der Waals surface area contributed by atoms with Gasteiger partial charge in [-0.3, -0.25) is 0 Å². The van der Waals surface area contributed by atoms with Crippen LogP contribution in [0, 0.1) is 6.07 Å². The van der Waals surface area contributed by atoms with Gasteiger partial charge in [-0.1, -0.05) is 23.8 Å². The minimum atomic E-state index is -3.92. The fourth-order valence-electron chi connectivity index (χ4n) is 4.87. The minimum absolute atomic E-state index is 0. The zero-order chi connectivity index (χ0) is 25.4. The van der Waals surface area contributed by atoms with Crippen LogP contribution in [-0.2, 0) is 30.5 Å². The molecular formula is C26H43NO3PPdS+. The Kier molecular flexibility index (Phi) is 14.6. The van der Waals surface area contributed by atoms with Gasteiger partial charge in [0.15, 0.2) is 0 Å². The van der Waals surface area contributed by atoms with Crippen LogP contribution in [0.4, 0.5) is 5.69 Å². The third-order valence-electron chi connectivity index (χ3n) is 4.45. The predicted octanol–water partition coefficient (Wildman–Crippen LogP) is 6.95. The SMILES string of the molecule is CC(C)(C)[PH+](C(C)(C)C)C(C)(C)C.CNc1ccccc1-c1[c-]cccc1.CS(=O)(=O)[O-].[Pd+2]. The number of hydrogen-bond donors (Lipinski definition) is 1. The summed E-state index contributed by atoms with van der Waals surface area (Å²) in [6, 6.07) is 19.4. The van der Waals surface area contributed by atoms with Crippen LogP contribution in [0.3, 0.4) is 0 Å². The maximum absolute atomic E-state index is 9.08. The van der Waals surface area contributed by atoms with Crippen LogP contribution in [0.25, 0.3) is 11.1 Å². The quantitative estimate of drug-likeness (QED) is 0.179. The average molecular weight is 587 g/mol. The summed E-state index contributed by atoms with van der Waals surface area (Å²) in [6.45, 7) is 21.6. The molecule has 0 amide bonds. The van der Waals surface area contributed by atoms with Crippen molar-refractivity contribution in [2.75, 3.05) is 18.6 Å². The van der Waals surface area contributed by atoms with E-state index >= 15 is 0 Å². The molecule has 1 N–H and O–H groups in total. The molecule has 0 atom stereocenters. The summed E-state index contributed by atoms with van der Waals surface area (Å²) in [4.78, 5) is 0. The first-order valence-corrected chi connectivity index (χ1v) is 14.1. The summed E-state index contributed by atoms with van der Waals surface area (Å²) in [5.74, 6) is 0. The molecule has 0 heterocycles. The zero-order valence-electron chi connectivity index (χ0n) is 22.1. The molecule has 0 saturated carbocycles. The molecule has 0 aliphatic heterocycles. The van der Waals surface area contributed by atoms with E-state index in [2.05, 4.69) is 91.9 Å². The molecule has 2 aromatic rings. The fourth-order valence-corrected chi connectivity index (χ4v) is 11.6. The first kappa shape index (κ1) is 34.4. The molecule has 0 aromatic heterocycles. The monoisotopic (exact) mass is 586 g/mol. The van der Waals surface area contributed by atoms with E-state index in [0.29, 0.717) is 21.7 Å². The molecule has 4 nitrogen and oxygen atoms in total. The second-order valence-electron chi connectivity index (χ2n) is 10.9. The summed E-state index contributed by atoms with van der Waals surface area (Å²) >= 11 is 0. The number of para-hydroxylation sites is 1. The summed E-state index contributed by atoms with van der Waals surface area (Å²) in [5, 5.41) is 4.64. The van der Waals surface area contributed by atoms with Gasteiger partial charge in [-0.25, -0.2) is 8.42 Å². The minimum Gasteiger partial charge on any atom is -0.748 e. The Morgan fingerprint density at radius 1 is 0.818 bits per heavy atom. The summed E-state index contributed by atoms with van der Waals surface area (Å²) in [6.07, 6.45) is 0.604. The summed E-state index contributed by atoms with van der Waals surface area (Å²) < 4.78 is 27.2. The number of benzene rings is 2. The number of rotatable bonds is 2. The molecule has 2 rings (SSSR count). The molecule has 0 aliphatic rings. The molecule has 0 spiro atoms. The number of anilines is 1. The zero-order valence-corrected chi connectivity index (χ0v) is 25.4. The van der Waals surface area contributed by atoms with Crippen molar-refractivity contribution >= 4 is 23.7 Å². The van der Waals surface area contributed by atoms with Crippen LogP contribution in [0.5, 0.6) is 0 Å². The Morgan fingerprint density at radius 2 is 1.21 bits per heavy atom. The third kappa shape index (κ3) is 15.0. The summed E-state index contributed by atoms with van der Waals surface area (Å²) in [7, 11) is -2.38. The molecule has 0 bridgehead atoms. The molecule has 7 heteroatoms. The van der Waals surface area contributed by atoms with Crippen molar-refractivity contribution in [3.8, 4) is 11.1 Å². The first-order valence-electron chi connectivity index (χ1n) is 10.8. The van der Waals surface area contributed by atoms with Gasteiger partial charge in [0.05, 0.1) is 25.6 Å². The van der Waals surface area contributed by atoms with Crippen LogP contribution in [0.2, 0.25) is 0 Å². The Hall–Kier alpha value is -0.758. The Labute approximate surface area is 218 Å². The Balaban J connectivity index is 0. The Morgan fingerprint density at radius 3 is 1.52 bits per heavy atom. The van der Waals surface area contributed by atoms with Crippen molar-refractivity contribution < 1.29 is 33.4 Å². The van der Waals surface area contributed by atoms with Gasteiger partial charge in [0.25, 0.3) is 0 Å². The molecule has 0 aliphatic carbocycles. The van der Waals surface area contributed by atoms with E-state index in [4.69, 9.17) is 13.0 Å². The van der Waals surface area contributed by atoms with E-state index in [9.17, 15) is 0 Å². The largest absolute Gasteiger partial charge is 2.00 e. The second-order valence-corrected chi connectivity index (χ2v) is 17.6. The van der Waals surface area contributed by atoms with Gasteiger partial charge in [-0.05, 0) is 74.1 Å². The maximum Gasteiger partial charge on any atom is 2.00 e. The Bertz CT molecular complexity index is 872. The van der Waals surface area contributed by atoms with Crippen molar-refractivity contribution in [3.63, 3.8) is 0 Å². The molecule has 0 fully saturated rings. The topological polar surface area (TPSA) is 69.2 Å². The van der Waals surface area contributed by atoms with E-state index in [-0.39, 0.29) is 20.4 Å². The fraction of sp³-hybridized carbons (Fsp3) is 0.538. The molecule has 2 aromatic carbocycles. The van der Waals surface area contributed by atoms with Gasteiger partial charge >= 0.3 is 20.4 Å². The number of hydrogen-bond acceptors (Lipinski definition) is 4. The predicted molar refractivity (Wildman–Crippen MR) is 143 cm³/mol. The van der Waals surface area contributed by atoms with Crippen LogP contribution in [0.15, 0.2) is 48.5 Å². The van der Waals surface area contributed by atoms with Crippen molar-refractivity contribution in [1.29, 1.82) is 0 Å². The van der Waals surface area contributed by atoms with Crippen molar-refractivity contribution in [1.82, 2.24) is 0 Å². The van der Waals surface area contributed by atoms with E-state index in [1.54, 1.807) is 0 Å². The molecule has 0 unspecified atom stereocenters. The van der Waals surface area contributed by atoms with E-state index in [1.165, 1.54) is 5.56 Å². The van der Waals surface area contributed by atoms with Gasteiger partial charge < -0.3 is 9.87 Å². The van der Waals surface area contributed by atoms with Crippen LogP contribution in [-0.4, -0.2) is 41.7 Å². The van der Waals surface area contributed by atoms with Gasteiger partial charge in [-0.15, -0.1) is 35.9 Å². The van der Waals surface area contributed by atoms with Crippen LogP contribution >= 0.6 is 7.92 Å². The van der Waals surface area contributed by atoms with Gasteiger partial charge in [0.1, 0.15) is 0 Å². The van der Waals surface area contributed by atoms with Gasteiger partial charge in [0, 0.05) is 21.2 Å². The third-order valence-corrected chi connectivity index (χ3v) is 8.95. The normalized spacial score (nSPS) is 11.9. The van der Waals surface area contributed by atoms with Crippen molar-refractivity contribution in [2.45, 2.75) is 77.8 Å².